The summed E-state index contributed by atoms with van der Waals surface area (Å²) in [6.45, 7) is 0. The number of methoxy groups -OCH3 is 1. The number of benzene rings is 1. The molecule has 19 heavy (non-hydrogen) atoms. The van der Waals surface area contributed by atoms with Crippen molar-refractivity contribution in [2.24, 2.45) is 0 Å². The molecule has 2 atom stereocenters. The molecule has 0 aromatic heterocycles. The van der Waals surface area contributed by atoms with E-state index in [2.05, 4.69) is 21.2 Å². The second-order valence-corrected chi connectivity index (χ2v) is 6.14. The highest BCUT2D eigenvalue weighted by Crippen LogP contribution is 2.26. The van der Waals surface area contributed by atoms with E-state index < -0.39 is 0 Å². The van der Waals surface area contributed by atoms with Crippen molar-refractivity contribution in [3.63, 3.8) is 0 Å². The Morgan fingerprint density at radius 1 is 1.42 bits per heavy atom. The van der Waals surface area contributed by atoms with Crippen LogP contribution in [0.1, 0.15) is 36.0 Å². The number of rotatable bonds is 3. The summed E-state index contributed by atoms with van der Waals surface area (Å²) in [6.07, 6.45) is 4.20. The lowest BCUT2D eigenvalue weighted by Gasteiger charge is -2.27. The summed E-state index contributed by atoms with van der Waals surface area (Å²) >= 11 is 9.63. The van der Waals surface area contributed by atoms with E-state index >= 15 is 0 Å². The van der Waals surface area contributed by atoms with E-state index in [0.29, 0.717) is 11.3 Å². The lowest BCUT2D eigenvalue weighted by Crippen LogP contribution is -2.42. The van der Waals surface area contributed by atoms with E-state index in [-0.39, 0.29) is 17.3 Å². The summed E-state index contributed by atoms with van der Waals surface area (Å²) in [5.41, 5.74) is 0.613. The number of carbonyl (C=O) groups excluding carboxylic acids is 1. The molecular weight excluding hydrogens is 330 g/mol. The Balaban J connectivity index is 2.05. The van der Waals surface area contributed by atoms with Gasteiger partial charge >= 0.3 is 0 Å². The minimum absolute atomic E-state index is 0.0411. The predicted octanol–water partition coefficient (Wildman–Crippen LogP) is 3.74. The molecule has 1 fully saturated rings. The van der Waals surface area contributed by atoms with Crippen LogP contribution in [0.4, 0.5) is 0 Å². The second-order valence-electron chi connectivity index (χ2n) is 4.73. The van der Waals surface area contributed by atoms with Gasteiger partial charge in [0.25, 0.3) is 5.91 Å². The van der Waals surface area contributed by atoms with Crippen LogP contribution < -0.4 is 10.1 Å². The molecule has 3 nitrogen and oxygen atoms in total. The first kappa shape index (κ1) is 14.7. The van der Waals surface area contributed by atoms with E-state index in [1.165, 1.54) is 0 Å². The summed E-state index contributed by atoms with van der Waals surface area (Å²) in [5.74, 6) is 0.630. The molecule has 1 aliphatic rings. The summed E-state index contributed by atoms with van der Waals surface area (Å²) in [5, 5.41) is 3.06. The fraction of sp³-hybridized carbons (Fsp3) is 0.500. The summed E-state index contributed by atoms with van der Waals surface area (Å²) in [6, 6.07) is 5.37. The maximum atomic E-state index is 12.2. The standard InChI is InChI=1S/C14H17BrClNO2/c1-19-13-7-6-9(8-10(13)15)14(18)17-12-5-3-2-4-11(12)16/h6-8,11-12H,2-5H2,1H3,(H,17,18). The minimum Gasteiger partial charge on any atom is -0.496 e. The molecule has 1 saturated carbocycles. The van der Waals surface area contributed by atoms with Crippen LogP contribution in [-0.2, 0) is 0 Å². The van der Waals surface area contributed by atoms with Crippen molar-refractivity contribution in [3.8, 4) is 5.75 Å². The third kappa shape index (κ3) is 3.63. The fourth-order valence-electron chi connectivity index (χ4n) is 2.31. The maximum Gasteiger partial charge on any atom is 0.251 e. The van der Waals surface area contributed by atoms with Crippen LogP contribution in [0.3, 0.4) is 0 Å². The van der Waals surface area contributed by atoms with Crippen LogP contribution in [0.5, 0.6) is 5.75 Å². The number of carbonyl (C=O) groups is 1. The molecule has 0 heterocycles. The second kappa shape index (κ2) is 6.62. The van der Waals surface area contributed by atoms with E-state index in [1.54, 1.807) is 25.3 Å². The van der Waals surface area contributed by atoms with Gasteiger partial charge in [0.15, 0.2) is 0 Å². The highest BCUT2D eigenvalue weighted by molar-refractivity contribution is 9.10. The first-order chi connectivity index (χ1) is 9.11. The molecule has 0 spiro atoms. The van der Waals surface area contributed by atoms with Crippen molar-refractivity contribution < 1.29 is 9.53 Å². The van der Waals surface area contributed by atoms with Crippen LogP contribution in [0.25, 0.3) is 0 Å². The first-order valence-electron chi connectivity index (χ1n) is 6.40. The van der Waals surface area contributed by atoms with Gasteiger partial charge in [0, 0.05) is 11.6 Å². The molecule has 0 bridgehead atoms. The number of ether oxygens (including phenoxy) is 1. The van der Waals surface area contributed by atoms with Crippen molar-refractivity contribution in [1.29, 1.82) is 0 Å². The maximum absolute atomic E-state index is 12.2. The van der Waals surface area contributed by atoms with Gasteiger partial charge in [-0.15, -0.1) is 11.6 Å². The van der Waals surface area contributed by atoms with Gasteiger partial charge in [-0.25, -0.2) is 0 Å². The average Bonchev–Trinajstić information content (AvgIpc) is 2.41. The molecule has 0 radical (unpaired) electrons. The molecular formula is C14H17BrClNO2. The normalized spacial score (nSPS) is 22.9. The van der Waals surface area contributed by atoms with Crippen molar-refractivity contribution in [2.45, 2.75) is 37.1 Å². The van der Waals surface area contributed by atoms with E-state index in [1.807, 2.05) is 0 Å². The average molecular weight is 347 g/mol. The third-order valence-corrected chi connectivity index (χ3v) is 4.55. The number of hydrogen-bond donors (Lipinski definition) is 1. The summed E-state index contributed by atoms with van der Waals surface area (Å²) in [7, 11) is 1.60. The fourth-order valence-corrected chi connectivity index (χ4v) is 3.19. The Labute approximate surface area is 126 Å². The van der Waals surface area contributed by atoms with Crippen LogP contribution in [0.2, 0.25) is 0 Å². The van der Waals surface area contributed by atoms with Crippen LogP contribution in [0, 0.1) is 0 Å². The van der Waals surface area contributed by atoms with E-state index in [9.17, 15) is 4.79 Å². The Morgan fingerprint density at radius 2 is 2.16 bits per heavy atom. The molecule has 2 rings (SSSR count). The van der Waals surface area contributed by atoms with E-state index in [0.717, 1.165) is 30.2 Å². The van der Waals surface area contributed by atoms with Crippen molar-refractivity contribution in [2.75, 3.05) is 7.11 Å². The number of hydrogen-bond acceptors (Lipinski definition) is 2. The number of halogens is 2. The van der Waals surface area contributed by atoms with Gasteiger partial charge in [0.1, 0.15) is 5.75 Å². The Bertz CT molecular complexity index is 467. The largest absolute Gasteiger partial charge is 0.496 e. The molecule has 1 N–H and O–H groups in total. The molecule has 5 heteroatoms. The molecule has 1 aromatic rings. The smallest absolute Gasteiger partial charge is 0.251 e. The van der Waals surface area contributed by atoms with Gasteiger partial charge in [-0.3, -0.25) is 4.79 Å². The Morgan fingerprint density at radius 3 is 2.79 bits per heavy atom. The zero-order chi connectivity index (χ0) is 13.8. The SMILES string of the molecule is COc1ccc(C(=O)NC2CCCCC2Cl)cc1Br. The van der Waals surface area contributed by atoms with Gasteiger partial charge in [0.05, 0.1) is 17.0 Å². The third-order valence-electron chi connectivity index (χ3n) is 3.41. The predicted molar refractivity (Wildman–Crippen MR) is 80.1 cm³/mol. The van der Waals surface area contributed by atoms with Crippen LogP contribution >= 0.6 is 27.5 Å². The summed E-state index contributed by atoms with van der Waals surface area (Å²) in [4.78, 5) is 12.2. The molecule has 104 valence electrons. The molecule has 2 unspecified atom stereocenters. The van der Waals surface area contributed by atoms with Gasteiger partial charge in [-0.2, -0.15) is 0 Å². The molecule has 1 aliphatic carbocycles. The Hall–Kier alpha value is -0.740. The van der Waals surface area contributed by atoms with Crippen LogP contribution in [0.15, 0.2) is 22.7 Å². The number of alkyl halides is 1. The molecule has 1 aromatic carbocycles. The van der Waals surface area contributed by atoms with Gasteiger partial charge in [-0.05, 0) is 47.0 Å². The lowest BCUT2D eigenvalue weighted by atomic mass is 9.94. The topological polar surface area (TPSA) is 38.3 Å². The molecule has 1 amide bonds. The van der Waals surface area contributed by atoms with Gasteiger partial charge < -0.3 is 10.1 Å². The van der Waals surface area contributed by atoms with Crippen LogP contribution in [-0.4, -0.2) is 24.4 Å². The van der Waals surface area contributed by atoms with Gasteiger partial charge in [0.2, 0.25) is 0 Å². The quantitative estimate of drug-likeness (QED) is 0.847. The minimum atomic E-state index is -0.0825. The van der Waals surface area contributed by atoms with Crippen molar-refractivity contribution >= 4 is 33.4 Å². The zero-order valence-electron chi connectivity index (χ0n) is 10.8. The Kier molecular flexibility index (Phi) is 5.11. The monoisotopic (exact) mass is 345 g/mol. The lowest BCUT2D eigenvalue weighted by molar-refractivity contribution is 0.0928. The number of amides is 1. The first-order valence-corrected chi connectivity index (χ1v) is 7.63. The molecule has 0 saturated heterocycles. The van der Waals surface area contributed by atoms with E-state index in [4.69, 9.17) is 16.3 Å². The number of nitrogens with one attached hydrogen (secondary N) is 1. The zero-order valence-corrected chi connectivity index (χ0v) is 13.1. The van der Waals surface area contributed by atoms with Gasteiger partial charge in [-0.1, -0.05) is 12.8 Å². The van der Waals surface area contributed by atoms with Crippen molar-refractivity contribution in [1.82, 2.24) is 5.32 Å². The van der Waals surface area contributed by atoms with Crippen molar-refractivity contribution in [3.05, 3.63) is 28.2 Å². The molecule has 0 aliphatic heterocycles. The highest BCUT2D eigenvalue weighted by atomic mass is 79.9. The highest BCUT2D eigenvalue weighted by Gasteiger charge is 2.25. The summed E-state index contributed by atoms with van der Waals surface area (Å²) < 4.78 is 5.92.